The second kappa shape index (κ2) is 5.63. The topological polar surface area (TPSA) is 88.5 Å². The number of nitrogens with one attached hydrogen (secondary N) is 2. The van der Waals surface area contributed by atoms with Crippen molar-refractivity contribution in [1.82, 2.24) is 23.9 Å². The van der Waals surface area contributed by atoms with Crippen LogP contribution in [0.1, 0.15) is 25.7 Å². The molecule has 3 aromatic heterocycles. The highest BCUT2D eigenvalue weighted by molar-refractivity contribution is 7.14. The van der Waals surface area contributed by atoms with Gasteiger partial charge in [-0.3, -0.25) is 4.79 Å². The number of H-pyrrole nitrogens is 1. The second-order valence-corrected chi connectivity index (χ2v) is 8.57. The Balaban J connectivity index is 1.48. The smallest absolute Gasteiger partial charge is 0.275 e. The number of benzene rings is 1. The van der Waals surface area contributed by atoms with E-state index in [2.05, 4.69) is 20.3 Å². The van der Waals surface area contributed by atoms with Gasteiger partial charge in [0.15, 0.2) is 11.5 Å². The van der Waals surface area contributed by atoms with Gasteiger partial charge in [0.2, 0.25) is 0 Å². The van der Waals surface area contributed by atoms with Crippen LogP contribution in [-0.2, 0) is 0 Å². The highest BCUT2D eigenvalue weighted by Crippen LogP contribution is 2.45. The fourth-order valence-electron chi connectivity index (χ4n) is 4.72. The minimum Gasteiger partial charge on any atom is -0.365 e. The summed E-state index contributed by atoms with van der Waals surface area (Å²) in [5.41, 5.74) is 1.30. The van der Waals surface area contributed by atoms with Crippen LogP contribution in [0.3, 0.4) is 0 Å². The van der Waals surface area contributed by atoms with Crippen molar-refractivity contribution >= 4 is 38.6 Å². The lowest BCUT2D eigenvalue weighted by Gasteiger charge is -2.23. The van der Waals surface area contributed by atoms with Crippen molar-refractivity contribution in [3.63, 3.8) is 0 Å². The van der Waals surface area contributed by atoms with E-state index in [1.807, 2.05) is 24.3 Å². The van der Waals surface area contributed by atoms with E-state index >= 15 is 0 Å². The molecule has 2 N–H and O–H groups in total. The van der Waals surface area contributed by atoms with Crippen LogP contribution < -0.4 is 10.9 Å². The third-order valence-corrected chi connectivity index (χ3v) is 7.06. The molecule has 4 aromatic rings. The van der Waals surface area contributed by atoms with E-state index in [1.165, 1.54) is 37.2 Å². The van der Waals surface area contributed by atoms with Gasteiger partial charge in [-0.1, -0.05) is 18.6 Å². The molecular formula is C19H18N6OS. The Morgan fingerprint density at radius 2 is 2.11 bits per heavy atom. The first-order valence-electron chi connectivity index (χ1n) is 9.35. The summed E-state index contributed by atoms with van der Waals surface area (Å²) in [7, 11) is 0. The summed E-state index contributed by atoms with van der Waals surface area (Å²) in [5.74, 6) is 2.67. The number of nitrogens with zero attached hydrogens (tertiary/aromatic N) is 4. The molecule has 2 fully saturated rings. The molecule has 2 bridgehead atoms. The largest absolute Gasteiger partial charge is 0.365 e. The van der Waals surface area contributed by atoms with Gasteiger partial charge in [-0.25, -0.2) is 4.98 Å². The minimum atomic E-state index is -0.0830. The molecule has 7 nitrogen and oxygen atoms in total. The lowest BCUT2D eigenvalue weighted by atomic mass is 9.95. The molecule has 0 spiro atoms. The van der Waals surface area contributed by atoms with Gasteiger partial charge < -0.3 is 10.3 Å². The number of anilines is 1. The van der Waals surface area contributed by atoms with Crippen LogP contribution >= 0.6 is 11.5 Å². The Kier molecular flexibility index (Phi) is 3.19. The first-order chi connectivity index (χ1) is 13.3. The van der Waals surface area contributed by atoms with Crippen molar-refractivity contribution in [3.05, 3.63) is 40.9 Å². The zero-order valence-corrected chi connectivity index (χ0v) is 15.4. The molecule has 2 aliphatic rings. The predicted molar refractivity (Wildman–Crippen MR) is 106 cm³/mol. The number of hydrogen-bond acceptors (Lipinski definition) is 6. The molecule has 3 heterocycles. The number of imidazole rings is 1. The molecule has 0 aliphatic heterocycles. The average Bonchev–Trinajstić information content (AvgIpc) is 3.45. The van der Waals surface area contributed by atoms with Crippen molar-refractivity contribution in [3.8, 4) is 5.95 Å². The molecule has 2 aliphatic carbocycles. The molecule has 3 atom stereocenters. The summed E-state index contributed by atoms with van der Waals surface area (Å²) >= 11 is 1.37. The van der Waals surface area contributed by atoms with E-state index in [-0.39, 0.29) is 5.56 Å². The Bertz CT molecular complexity index is 1220. The van der Waals surface area contributed by atoms with E-state index in [9.17, 15) is 4.79 Å². The zero-order chi connectivity index (χ0) is 18.0. The van der Waals surface area contributed by atoms with E-state index in [0.717, 1.165) is 27.9 Å². The number of hydrogen-bond donors (Lipinski definition) is 2. The number of fused-ring (bicyclic) bond motifs is 4. The maximum atomic E-state index is 12.8. The van der Waals surface area contributed by atoms with Crippen LogP contribution in [-0.4, -0.2) is 29.9 Å². The van der Waals surface area contributed by atoms with Crippen molar-refractivity contribution in [2.24, 2.45) is 11.8 Å². The summed E-state index contributed by atoms with van der Waals surface area (Å²) in [6, 6.07) is 8.03. The van der Waals surface area contributed by atoms with E-state index in [0.29, 0.717) is 23.0 Å². The third kappa shape index (κ3) is 2.32. The van der Waals surface area contributed by atoms with Gasteiger partial charge >= 0.3 is 0 Å². The van der Waals surface area contributed by atoms with Crippen LogP contribution in [0.2, 0.25) is 0 Å². The van der Waals surface area contributed by atoms with Crippen LogP contribution in [0.25, 0.3) is 27.2 Å². The predicted octanol–water partition coefficient (Wildman–Crippen LogP) is 3.32. The molecule has 2 unspecified atom stereocenters. The molecule has 6 rings (SSSR count). The van der Waals surface area contributed by atoms with Crippen molar-refractivity contribution in [2.75, 3.05) is 5.32 Å². The van der Waals surface area contributed by atoms with Gasteiger partial charge in [-0.05, 0) is 54.8 Å². The van der Waals surface area contributed by atoms with E-state index < -0.39 is 0 Å². The molecule has 8 heteroatoms. The van der Waals surface area contributed by atoms with Gasteiger partial charge in [0.25, 0.3) is 11.5 Å². The monoisotopic (exact) mass is 378 g/mol. The summed E-state index contributed by atoms with van der Waals surface area (Å²) < 4.78 is 2.50. The molecule has 0 saturated heterocycles. The van der Waals surface area contributed by atoms with Crippen LogP contribution in [0.5, 0.6) is 0 Å². The lowest BCUT2D eigenvalue weighted by Crippen LogP contribution is -2.27. The zero-order valence-electron chi connectivity index (χ0n) is 14.6. The van der Waals surface area contributed by atoms with Gasteiger partial charge in [-0.15, -0.1) is 0 Å². The average molecular weight is 378 g/mol. The Morgan fingerprint density at radius 1 is 1.19 bits per heavy atom. The summed E-state index contributed by atoms with van der Waals surface area (Å²) in [6.07, 6.45) is 6.78. The SMILES string of the molecule is O=c1c2ccccc2sn1-c1nc(N[C@@H]2CC3CCC2C3)c2nc[nH]c2n1. The molecule has 1 aromatic carbocycles. The van der Waals surface area contributed by atoms with Gasteiger partial charge in [-0.2, -0.15) is 13.9 Å². The molecule has 0 radical (unpaired) electrons. The molecule has 27 heavy (non-hydrogen) atoms. The van der Waals surface area contributed by atoms with Gasteiger partial charge in [0, 0.05) is 6.04 Å². The highest BCUT2D eigenvalue weighted by atomic mass is 32.1. The van der Waals surface area contributed by atoms with Crippen LogP contribution in [0.4, 0.5) is 5.82 Å². The van der Waals surface area contributed by atoms with Crippen molar-refractivity contribution in [2.45, 2.75) is 31.7 Å². The highest BCUT2D eigenvalue weighted by Gasteiger charge is 2.39. The standard InChI is InChI=1S/C19H18N6OS/c26-18-12-3-1-2-4-14(12)27-25(18)19-23-16-15(20-9-21-16)17(24-19)22-13-8-10-5-6-11(13)7-10/h1-4,9-11,13H,5-8H2,(H2,20,21,22,23,24)/t10?,11?,13-/m1/s1. The Morgan fingerprint density at radius 3 is 2.93 bits per heavy atom. The van der Waals surface area contributed by atoms with E-state index in [1.54, 1.807) is 10.3 Å². The van der Waals surface area contributed by atoms with Crippen LogP contribution in [0.15, 0.2) is 35.4 Å². The number of aromatic nitrogens is 5. The molecular weight excluding hydrogens is 360 g/mol. The van der Waals surface area contributed by atoms with Crippen molar-refractivity contribution in [1.29, 1.82) is 0 Å². The second-order valence-electron chi connectivity index (χ2n) is 7.58. The first kappa shape index (κ1) is 15.3. The quantitative estimate of drug-likeness (QED) is 0.571. The first-order valence-corrected chi connectivity index (χ1v) is 10.1. The minimum absolute atomic E-state index is 0.0830. The van der Waals surface area contributed by atoms with Gasteiger partial charge in [0.05, 0.1) is 16.4 Å². The number of aromatic amines is 1. The Labute approximate surface area is 158 Å². The van der Waals surface area contributed by atoms with E-state index in [4.69, 9.17) is 4.98 Å². The number of rotatable bonds is 3. The maximum Gasteiger partial charge on any atom is 0.275 e. The molecule has 136 valence electrons. The van der Waals surface area contributed by atoms with Crippen molar-refractivity contribution < 1.29 is 0 Å². The third-order valence-electron chi connectivity index (χ3n) is 6.00. The fourth-order valence-corrected chi connectivity index (χ4v) is 5.65. The normalized spacial score (nSPS) is 24.2. The maximum absolute atomic E-state index is 12.8. The summed E-state index contributed by atoms with van der Waals surface area (Å²) in [4.78, 5) is 29.5. The lowest BCUT2D eigenvalue weighted by molar-refractivity contribution is 0.439. The molecule has 2 saturated carbocycles. The summed E-state index contributed by atoms with van der Waals surface area (Å²) in [6.45, 7) is 0. The van der Waals surface area contributed by atoms with Crippen LogP contribution in [0, 0.1) is 11.8 Å². The Hall–Kier alpha value is -2.74. The summed E-state index contributed by atoms with van der Waals surface area (Å²) in [5, 5.41) is 4.31. The van der Waals surface area contributed by atoms with Gasteiger partial charge in [0.1, 0.15) is 5.52 Å². The molecule has 0 amide bonds. The fraction of sp³-hybridized carbons (Fsp3) is 0.368.